The molecule has 6 nitrogen and oxygen atoms in total. The summed E-state index contributed by atoms with van der Waals surface area (Å²) in [4.78, 5) is 23.6. The highest BCUT2D eigenvalue weighted by Crippen LogP contribution is 2.24. The van der Waals surface area contributed by atoms with Crippen molar-refractivity contribution in [3.8, 4) is 11.5 Å². The monoisotopic (exact) mass is 348 g/mol. The molecule has 0 aliphatic carbocycles. The third-order valence-corrected chi connectivity index (χ3v) is 3.51. The highest BCUT2D eigenvalue weighted by molar-refractivity contribution is 6.30. The van der Waals surface area contributed by atoms with Crippen molar-refractivity contribution in [2.75, 3.05) is 13.1 Å². The van der Waals surface area contributed by atoms with E-state index in [0.717, 1.165) is 5.56 Å². The second-order valence-corrected chi connectivity index (χ2v) is 5.55. The van der Waals surface area contributed by atoms with Crippen LogP contribution in [-0.2, 0) is 11.2 Å². The molecule has 4 N–H and O–H groups in total. The van der Waals surface area contributed by atoms with E-state index in [2.05, 4.69) is 10.6 Å². The first-order valence-electron chi connectivity index (χ1n) is 7.27. The number of aromatic hydroxyl groups is 2. The molecule has 7 heteroatoms. The molecule has 0 aromatic heterocycles. The van der Waals surface area contributed by atoms with Gasteiger partial charge in [0, 0.05) is 17.1 Å². The average molecular weight is 349 g/mol. The molecule has 0 bridgehead atoms. The van der Waals surface area contributed by atoms with E-state index in [4.69, 9.17) is 11.6 Å². The topological polar surface area (TPSA) is 98.7 Å². The summed E-state index contributed by atoms with van der Waals surface area (Å²) in [5, 5.41) is 24.2. The minimum atomic E-state index is -0.379. The molecular weight excluding hydrogens is 332 g/mol. The Bertz CT molecular complexity index is 749. The molecule has 0 aliphatic heterocycles. The van der Waals surface area contributed by atoms with Gasteiger partial charge in [0.05, 0.1) is 6.54 Å². The second-order valence-electron chi connectivity index (χ2n) is 5.12. The van der Waals surface area contributed by atoms with E-state index in [0.29, 0.717) is 23.6 Å². The Morgan fingerprint density at radius 3 is 2.50 bits per heavy atom. The molecule has 0 saturated carbocycles. The van der Waals surface area contributed by atoms with Gasteiger partial charge in [-0.2, -0.15) is 0 Å². The molecule has 2 amide bonds. The molecule has 0 heterocycles. The molecule has 126 valence electrons. The lowest BCUT2D eigenvalue weighted by molar-refractivity contribution is -0.120. The Kier molecular flexibility index (Phi) is 6.03. The average Bonchev–Trinajstić information content (AvgIpc) is 2.56. The maximum Gasteiger partial charge on any atom is 0.251 e. The van der Waals surface area contributed by atoms with Crippen molar-refractivity contribution in [1.29, 1.82) is 0 Å². The van der Waals surface area contributed by atoms with Crippen LogP contribution in [0.3, 0.4) is 0 Å². The lowest BCUT2D eigenvalue weighted by Gasteiger charge is -2.08. The number of halogens is 1. The van der Waals surface area contributed by atoms with Crippen molar-refractivity contribution < 1.29 is 19.8 Å². The van der Waals surface area contributed by atoms with Crippen LogP contribution in [0.5, 0.6) is 11.5 Å². The van der Waals surface area contributed by atoms with Gasteiger partial charge in [0.1, 0.15) is 0 Å². The first kappa shape index (κ1) is 17.6. The summed E-state index contributed by atoms with van der Waals surface area (Å²) in [6, 6.07) is 10.9. The fourth-order valence-electron chi connectivity index (χ4n) is 2.03. The highest BCUT2D eigenvalue weighted by atomic mass is 35.5. The van der Waals surface area contributed by atoms with Crippen LogP contribution < -0.4 is 10.6 Å². The maximum absolute atomic E-state index is 11.9. The van der Waals surface area contributed by atoms with Gasteiger partial charge in [-0.3, -0.25) is 9.59 Å². The SMILES string of the molecule is O=C(CNC(=O)c1cccc(Cl)c1)NCCc1ccc(O)c(O)c1. The lowest BCUT2D eigenvalue weighted by Crippen LogP contribution is -2.37. The van der Waals surface area contributed by atoms with Crippen LogP contribution in [0.25, 0.3) is 0 Å². The molecule has 0 saturated heterocycles. The van der Waals surface area contributed by atoms with E-state index in [1.807, 2.05) is 0 Å². The number of nitrogens with one attached hydrogen (secondary N) is 2. The van der Waals surface area contributed by atoms with Gasteiger partial charge in [0.2, 0.25) is 5.91 Å². The highest BCUT2D eigenvalue weighted by Gasteiger charge is 2.08. The van der Waals surface area contributed by atoms with Gasteiger partial charge in [-0.25, -0.2) is 0 Å². The number of hydrogen-bond acceptors (Lipinski definition) is 4. The smallest absolute Gasteiger partial charge is 0.251 e. The third-order valence-electron chi connectivity index (χ3n) is 3.27. The molecule has 0 atom stereocenters. The fourth-order valence-corrected chi connectivity index (χ4v) is 2.22. The Morgan fingerprint density at radius 2 is 1.79 bits per heavy atom. The van der Waals surface area contributed by atoms with Gasteiger partial charge >= 0.3 is 0 Å². The molecule has 2 aromatic carbocycles. The zero-order valence-corrected chi connectivity index (χ0v) is 13.5. The van der Waals surface area contributed by atoms with Crippen LogP contribution in [-0.4, -0.2) is 35.1 Å². The van der Waals surface area contributed by atoms with Crippen molar-refractivity contribution in [1.82, 2.24) is 10.6 Å². The van der Waals surface area contributed by atoms with Crippen molar-refractivity contribution in [3.05, 3.63) is 58.6 Å². The van der Waals surface area contributed by atoms with Crippen molar-refractivity contribution in [2.24, 2.45) is 0 Å². The molecule has 0 radical (unpaired) electrons. The Morgan fingerprint density at radius 1 is 1.00 bits per heavy atom. The predicted molar refractivity (Wildman–Crippen MR) is 90.3 cm³/mol. The third kappa shape index (κ3) is 5.17. The molecule has 2 aromatic rings. The van der Waals surface area contributed by atoms with Crippen molar-refractivity contribution in [2.45, 2.75) is 6.42 Å². The zero-order valence-electron chi connectivity index (χ0n) is 12.8. The molecule has 0 aliphatic rings. The summed E-state index contributed by atoms with van der Waals surface area (Å²) >= 11 is 5.81. The number of phenolic OH excluding ortho intramolecular Hbond substituents is 2. The minimum absolute atomic E-state index is 0.147. The standard InChI is InChI=1S/C17H17ClN2O4/c18-13-3-1-2-12(9-13)17(24)20-10-16(23)19-7-6-11-4-5-14(21)15(22)8-11/h1-5,8-9,21-22H,6-7,10H2,(H,19,23)(H,20,24). The number of benzene rings is 2. The summed E-state index contributed by atoms with van der Waals surface area (Å²) in [5.41, 5.74) is 1.16. The molecule has 24 heavy (non-hydrogen) atoms. The summed E-state index contributed by atoms with van der Waals surface area (Å²) in [6.45, 7) is 0.197. The molecule has 0 unspecified atom stereocenters. The number of hydrogen-bond donors (Lipinski definition) is 4. The van der Waals surface area contributed by atoms with Gasteiger partial charge < -0.3 is 20.8 Å². The lowest BCUT2D eigenvalue weighted by atomic mass is 10.1. The summed E-state index contributed by atoms with van der Waals surface area (Å²) in [5.74, 6) is -1.09. The van der Waals surface area contributed by atoms with Crippen LogP contribution >= 0.6 is 11.6 Å². The Hall–Kier alpha value is -2.73. The van der Waals surface area contributed by atoms with Gasteiger partial charge in [-0.1, -0.05) is 23.7 Å². The number of amides is 2. The van der Waals surface area contributed by atoms with Gasteiger partial charge in [-0.15, -0.1) is 0 Å². The largest absolute Gasteiger partial charge is 0.504 e. The fraction of sp³-hybridized carbons (Fsp3) is 0.176. The summed E-state index contributed by atoms with van der Waals surface area (Å²) < 4.78 is 0. The molecular formula is C17H17ClN2O4. The van der Waals surface area contributed by atoms with E-state index in [-0.39, 0.29) is 29.9 Å². The van der Waals surface area contributed by atoms with Crippen molar-refractivity contribution in [3.63, 3.8) is 0 Å². The first-order valence-corrected chi connectivity index (χ1v) is 7.65. The van der Waals surface area contributed by atoms with E-state index >= 15 is 0 Å². The quantitative estimate of drug-likeness (QED) is 0.599. The first-order chi connectivity index (χ1) is 11.5. The van der Waals surface area contributed by atoms with E-state index < -0.39 is 0 Å². The number of phenols is 2. The summed E-state index contributed by atoms with van der Waals surface area (Å²) in [6.07, 6.45) is 0.488. The van der Waals surface area contributed by atoms with Crippen LogP contribution in [0.4, 0.5) is 0 Å². The van der Waals surface area contributed by atoms with Gasteiger partial charge in [-0.05, 0) is 42.3 Å². The Balaban J connectivity index is 1.73. The maximum atomic E-state index is 11.9. The van der Waals surface area contributed by atoms with Crippen LogP contribution in [0.2, 0.25) is 5.02 Å². The second kappa shape index (κ2) is 8.21. The molecule has 0 spiro atoms. The van der Waals surface area contributed by atoms with Crippen LogP contribution in [0.1, 0.15) is 15.9 Å². The number of carbonyl (C=O) groups is 2. The summed E-state index contributed by atoms with van der Waals surface area (Å²) in [7, 11) is 0. The molecule has 2 rings (SSSR count). The Labute approximate surface area is 144 Å². The number of carbonyl (C=O) groups excluding carboxylic acids is 2. The van der Waals surface area contributed by atoms with Crippen molar-refractivity contribution >= 4 is 23.4 Å². The number of rotatable bonds is 6. The van der Waals surface area contributed by atoms with Crippen LogP contribution in [0.15, 0.2) is 42.5 Å². The molecule has 0 fully saturated rings. The van der Waals surface area contributed by atoms with E-state index in [1.165, 1.54) is 18.2 Å². The van der Waals surface area contributed by atoms with Crippen LogP contribution in [0, 0.1) is 0 Å². The van der Waals surface area contributed by atoms with E-state index in [1.54, 1.807) is 24.3 Å². The minimum Gasteiger partial charge on any atom is -0.504 e. The van der Waals surface area contributed by atoms with Gasteiger partial charge in [0.15, 0.2) is 11.5 Å². The zero-order chi connectivity index (χ0) is 17.5. The van der Waals surface area contributed by atoms with E-state index in [9.17, 15) is 19.8 Å². The normalized spacial score (nSPS) is 10.2. The van der Waals surface area contributed by atoms with Gasteiger partial charge in [0.25, 0.3) is 5.91 Å². The predicted octanol–water partition coefficient (Wildman–Crippen LogP) is 1.84.